The molecule has 0 amide bonds. The van der Waals surface area contributed by atoms with Gasteiger partial charge < -0.3 is 9.53 Å². The van der Waals surface area contributed by atoms with E-state index in [-0.39, 0.29) is 5.92 Å². The number of ether oxygens (including phenoxy) is 1. The second kappa shape index (κ2) is 2.50. The van der Waals surface area contributed by atoms with Crippen LogP contribution in [0.2, 0.25) is 0 Å². The van der Waals surface area contributed by atoms with E-state index in [1.54, 1.807) is 6.26 Å². The van der Waals surface area contributed by atoms with Crippen molar-refractivity contribution in [3.8, 4) is 0 Å². The molecular formula is C6H8O2. The predicted molar refractivity (Wildman–Crippen MR) is 29.3 cm³/mol. The first-order valence-electron chi connectivity index (χ1n) is 2.65. The number of rotatable bonds is 1. The summed E-state index contributed by atoms with van der Waals surface area (Å²) in [6.45, 7) is 0.556. The standard InChI is InChI=1S/C6H8O2/c7-4-6-2-1-3-8-5-6/h1,3-4,6H,2,5H2. The summed E-state index contributed by atoms with van der Waals surface area (Å²) in [5, 5.41) is 0. The van der Waals surface area contributed by atoms with E-state index in [9.17, 15) is 4.79 Å². The monoisotopic (exact) mass is 112 g/mol. The van der Waals surface area contributed by atoms with Gasteiger partial charge in [-0.1, -0.05) is 0 Å². The van der Waals surface area contributed by atoms with Crippen LogP contribution in [0.25, 0.3) is 0 Å². The smallest absolute Gasteiger partial charge is 0.126 e. The highest BCUT2D eigenvalue weighted by atomic mass is 16.5. The highest BCUT2D eigenvalue weighted by Crippen LogP contribution is 2.06. The van der Waals surface area contributed by atoms with Crippen LogP contribution in [0.3, 0.4) is 0 Å². The van der Waals surface area contributed by atoms with Gasteiger partial charge in [0.25, 0.3) is 0 Å². The number of aldehydes is 1. The zero-order valence-electron chi connectivity index (χ0n) is 4.54. The summed E-state index contributed by atoms with van der Waals surface area (Å²) < 4.78 is 4.86. The van der Waals surface area contributed by atoms with Crippen LogP contribution in [0.1, 0.15) is 6.42 Å². The molecule has 0 aliphatic carbocycles. The van der Waals surface area contributed by atoms with Crippen LogP contribution >= 0.6 is 0 Å². The van der Waals surface area contributed by atoms with Gasteiger partial charge in [-0.15, -0.1) is 0 Å². The lowest BCUT2D eigenvalue weighted by Crippen LogP contribution is -2.10. The molecule has 2 heteroatoms. The molecule has 1 aliphatic heterocycles. The second-order valence-corrected chi connectivity index (χ2v) is 1.84. The van der Waals surface area contributed by atoms with Gasteiger partial charge in [-0.2, -0.15) is 0 Å². The van der Waals surface area contributed by atoms with Gasteiger partial charge in [-0.05, 0) is 12.5 Å². The summed E-state index contributed by atoms with van der Waals surface area (Å²) in [5.74, 6) is 0.0972. The third kappa shape index (κ3) is 1.09. The van der Waals surface area contributed by atoms with E-state index in [0.29, 0.717) is 6.61 Å². The number of hydrogen-bond acceptors (Lipinski definition) is 2. The number of carbonyl (C=O) groups excluding carboxylic acids is 1. The minimum atomic E-state index is 0.0972. The minimum Gasteiger partial charge on any atom is -0.501 e. The molecule has 0 aromatic carbocycles. The molecule has 0 radical (unpaired) electrons. The van der Waals surface area contributed by atoms with Crippen LogP contribution in [-0.4, -0.2) is 12.9 Å². The van der Waals surface area contributed by atoms with Gasteiger partial charge in [0.2, 0.25) is 0 Å². The fourth-order valence-electron chi connectivity index (χ4n) is 0.640. The molecule has 0 aromatic rings. The summed E-state index contributed by atoms with van der Waals surface area (Å²) in [6.07, 6.45) is 5.27. The lowest BCUT2D eigenvalue weighted by molar-refractivity contribution is -0.112. The molecule has 8 heavy (non-hydrogen) atoms. The SMILES string of the molecule is O=CC1CC=COC1. The van der Waals surface area contributed by atoms with Crippen molar-refractivity contribution in [2.24, 2.45) is 5.92 Å². The third-order valence-electron chi connectivity index (χ3n) is 1.13. The largest absolute Gasteiger partial charge is 0.501 e. The summed E-state index contributed by atoms with van der Waals surface area (Å²) in [5.41, 5.74) is 0. The molecule has 1 unspecified atom stereocenters. The van der Waals surface area contributed by atoms with Crippen LogP contribution in [-0.2, 0) is 9.53 Å². The molecule has 0 saturated carbocycles. The maximum absolute atomic E-state index is 10.0. The van der Waals surface area contributed by atoms with Crippen LogP contribution in [0, 0.1) is 5.92 Å². The van der Waals surface area contributed by atoms with E-state index in [0.717, 1.165) is 12.7 Å². The molecule has 0 N–H and O–H groups in total. The number of hydrogen-bond donors (Lipinski definition) is 0. The molecule has 0 bridgehead atoms. The normalized spacial score (nSPS) is 26.8. The van der Waals surface area contributed by atoms with Crippen LogP contribution in [0.5, 0.6) is 0 Å². The summed E-state index contributed by atoms with van der Waals surface area (Å²) in [7, 11) is 0. The first kappa shape index (κ1) is 5.35. The Kier molecular flexibility index (Phi) is 1.67. The summed E-state index contributed by atoms with van der Waals surface area (Å²) >= 11 is 0. The Morgan fingerprint density at radius 3 is 3.00 bits per heavy atom. The highest BCUT2D eigenvalue weighted by molar-refractivity contribution is 5.54. The first-order chi connectivity index (χ1) is 3.93. The molecule has 0 fully saturated rings. The Labute approximate surface area is 48.1 Å². The van der Waals surface area contributed by atoms with Gasteiger partial charge in [-0.3, -0.25) is 0 Å². The second-order valence-electron chi connectivity index (χ2n) is 1.84. The van der Waals surface area contributed by atoms with Crippen LogP contribution in [0.4, 0.5) is 0 Å². The first-order valence-corrected chi connectivity index (χ1v) is 2.65. The molecule has 1 rings (SSSR count). The molecule has 0 spiro atoms. The van der Waals surface area contributed by atoms with Gasteiger partial charge >= 0.3 is 0 Å². The van der Waals surface area contributed by atoms with Crippen molar-refractivity contribution in [1.29, 1.82) is 0 Å². The molecule has 0 aromatic heterocycles. The van der Waals surface area contributed by atoms with E-state index in [1.807, 2.05) is 6.08 Å². The molecule has 44 valence electrons. The van der Waals surface area contributed by atoms with Gasteiger partial charge in [0.15, 0.2) is 0 Å². The Hall–Kier alpha value is -0.790. The van der Waals surface area contributed by atoms with Crippen LogP contribution < -0.4 is 0 Å². The Morgan fingerprint density at radius 2 is 2.62 bits per heavy atom. The fourth-order valence-corrected chi connectivity index (χ4v) is 0.640. The van der Waals surface area contributed by atoms with Gasteiger partial charge in [0.1, 0.15) is 6.29 Å². The van der Waals surface area contributed by atoms with Crippen molar-refractivity contribution < 1.29 is 9.53 Å². The quantitative estimate of drug-likeness (QED) is 0.467. The highest BCUT2D eigenvalue weighted by Gasteiger charge is 2.07. The third-order valence-corrected chi connectivity index (χ3v) is 1.13. The van der Waals surface area contributed by atoms with Crippen molar-refractivity contribution in [3.05, 3.63) is 12.3 Å². The number of allylic oxidation sites excluding steroid dienone is 1. The average molecular weight is 112 g/mol. The van der Waals surface area contributed by atoms with Gasteiger partial charge in [0, 0.05) is 0 Å². The van der Waals surface area contributed by atoms with E-state index < -0.39 is 0 Å². The van der Waals surface area contributed by atoms with Crippen molar-refractivity contribution >= 4 is 6.29 Å². The van der Waals surface area contributed by atoms with Crippen molar-refractivity contribution in [2.75, 3.05) is 6.61 Å². The average Bonchev–Trinajstić information content (AvgIpc) is 1.90. The van der Waals surface area contributed by atoms with Crippen molar-refractivity contribution in [2.45, 2.75) is 6.42 Å². The van der Waals surface area contributed by atoms with E-state index in [4.69, 9.17) is 4.74 Å². The maximum Gasteiger partial charge on any atom is 0.126 e. The summed E-state index contributed by atoms with van der Waals surface area (Å²) in [6, 6.07) is 0. The van der Waals surface area contributed by atoms with Crippen molar-refractivity contribution in [1.82, 2.24) is 0 Å². The Bertz CT molecular complexity index is 107. The van der Waals surface area contributed by atoms with E-state index in [1.165, 1.54) is 0 Å². The predicted octanol–water partition coefficient (Wildman–Crippen LogP) is 0.736. The molecule has 0 saturated heterocycles. The molecule has 1 heterocycles. The van der Waals surface area contributed by atoms with E-state index in [2.05, 4.69) is 0 Å². The van der Waals surface area contributed by atoms with Crippen LogP contribution in [0.15, 0.2) is 12.3 Å². The van der Waals surface area contributed by atoms with Gasteiger partial charge in [0.05, 0.1) is 18.8 Å². The Balaban J connectivity index is 2.37. The lowest BCUT2D eigenvalue weighted by Gasteiger charge is -2.10. The summed E-state index contributed by atoms with van der Waals surface area (Å²) in [4.78, 5) is 10.0. The fraction of sp³-hybridized carbons (Fsp3) is 0.500. The van der Waals surface area contributed by atoms with Gasteiger partial charge in [-0.25, -0.2) is 0 Å². The molecule has 1 atom stereocenters. The van der Waals surface area contributed by atoms with Crippen molar-refractivity contribution in [3.63, 3.8) is 0 Å². The minimum absolute atomic E-state index is 0.0972. The van der Waals surface area contributed by atoms with E-state index >= 15 is 0 Å². The molecular weight excluding hydrogens is 104 g/mol. The Morgan fingerprint density at radius 1 is 1.75 bits per heavy atom. The maximum atomic E-state index is 10.0. The zero-order chi connectivity index (χ0) is 5.82. The number of carbonyl (C=O) groups is 1. The molecule has 2 nitrogen and oxygen atoms in total. The lowest BCUT2D eigenvalue weighted by atomic mass is 10.1. The zero-order valence-corrected chi connectivity index (χ0v) is 4.54. The molecule has 1 aliphatic rings. The topological polar surface area (TPSA) is 26.3 Å².